The molecule has 1 rings (SSSR count). The first-order chi connectivity index (χ1) is 9.36. The Morgan fingerprint density at radius 2 is 1.90 bits per heavy atom. The van der Waals surface area contributed by atoms with Crippen molar-refractivity contribution in [2.45, 2.75) is 20.4 Å². The first-order valence-electron chi connectivity index (χ1n) is 6.16. The van der Waals surface area contributed by atoms with Crippen molar-refractivity contribution in [2.24, 2.45) is 0 Å². The third kappa shape index (κ3) is 3.85. The fourth-order valence-corrected chi connectivity index (χ4v) is 1.72. The predicted octanol–water partition coefficient (Wildman–Crippen LogP) is 2.07. The summed E-state index contributed by atoms with van der Waals surface area (Å²) in [6, 6.07) is 7.39. The average molecular weight is 277 g/mol. The Labute approximate surface area is 118 Å². The Morgan fingerprint density at radius 3 is 2.45 bits per heavy atom. The van der Waals surface area contributed by atoms with E-state index in [2.05, 4.69) is 0 Å². The molecule has 0 bridgehead atoms. The zero-order chi connectivity index (χ0) is 15.3. The first kappa shape index (κ1) is 15.8. The molecule has 0 fully saturated rings. The van der Waals surface area contributed by atoms with Gasteiger partial charge < -0.3 is 14.7 Å². The number of hydrogen-bond donors (Lipinski definition) is 1. The van der Waals surface area contributed by atoms with Gasteiger partial charge >= 0.3 is 5.97 Å². The monoisotopic (exact) mass is 277 g/mol. The second-order valence-electron chi connectivity index (χ2n) is 4.57. The van der Waals surface area contributed by atoms with Crippen LogP contribution in [0, 0.1) is 0 Å². The molecule has 0 saturated carbocycles. The van der Waals surface area contributed by atoms with Gasteiger partial charge in [0.1, 0.15) is 5.75 Å². The summed E-state index contributed by atoms with van der Waals surface area (Å²) >= 11 is 0. The minimum Gasteiger partial charge on any atom is -0.497 e. The summed E-state index contributed by atoms with van der Waals surface area (Å²) in [5, 5.41) is 8.90. The third-order valence-corrected chi connectivity index (χ3v) is 3.10. The molecule has 0 spiro atoms. The SMILES string of the molecule is COc1cccc(CN(C)C(=O)C(C)=C(C)C(=O)O)c1. The third-order valence-electron chi connectivity index (χ3n) is 3.10. The number of aliphatic carboxylic acids is 1. The number of likely N-dealkylation sites (N-methyl/N-ethyl adjacent to an activating group) is 1. The topological polar surface area (TPSA) is 66.8 Å². The Balaban J connectivity index is 2.85. The number of carboxylic acid groups (broad SMARTS) is 1. The van der Waals surface area contributed by atoms with E-state index in [1.165, 1.54) is 18.7 Å². The maximum atomic E-state index is 12.1. The number of nitrogens with zero attached hydrogens (tertiary/aromatic N) is 1. The lowest BCUT2D eigenvalue weighted by Crippen LogP contribution is -2.28. The van der Waals surface area contributed by atoms with Crippen LogP contribution in [0.1, 0.15) is 19.4 Å². The fourth-order valence-electron chi connectivity index (χ4n) is 1.72. The lowest BCUT2D eigenvalue weighted by Gasteiger charge is -2.18. The first-order valence-corrected chi connectivity index (χ1v) is 6.16. The highest BCUT2D eigenvalue weighted by atomic mass is 16.5. The summed E-state index contributed by atoms with van der Waals surface area (Å²) < 4.78 is 5.12. The molecule has 0 aliphatic rings. The standard InChI is InChI=1S/C15H19NO4/c1-10(11(2)15(18)19)14(17)16(3)9-12-6-5-7-13(8-12)20-4/h5-8H,9H2,1-4H3,(H,18,19). The molecule has 1 amide bonds. The normalized spacial score (nSPS) is 11.6. The van der Waals surface area contributed by atoms with Crippen molar-refractivity contribution in [1.29, 1.82) is 0 Å². The molecule has 108 valence electrons. The average Bonchev–Trinajstić information content (AvgIpc) is 2.44. The molecule has 0 aliphatic carbocycles. The van der Waals surface area contributed by atoms with Crippen LogP contribution >= 0.6 is 0 Å². The van der Waals surface area contributed by atoms with E-state index >= 15 is 0 Å². The smallest absolute Gasteiger partial charge is 0.331 e. The molecule has 0 saturated heterocycles. The summed E-state index contributed by atoms with van der Waals surface area (Å²) in [4.78, 5) is 24.5. The van der Waals surface area contributed by atoms with Gasteiger partial charge in [0.25, 0.3) is 0 Å². The van der Waals surface area contributed by atoms with Crippen LogP contribution in [-0.4, -0.2) is 36.0 Å². The van der Waals surface area contributed by atoms with Gasteiger partial charge in [0.05, 0.1) is 7.11 Å². The molecule has 0 atom stereocenters. The number of ether oxygens (including phenoxy) is 1. The van der Waals surface area contributed by atoms with E-state index in [4.69, 9.17) is 9.84 Å². The number of amides is 1. The van der Waals surface area contributed by atoms with E-state index < -0.39 is 5.97 Å². The number of carbonyl (C=O) groups excluding carboxylic acids is 1. The maximum Gasteiger partial charge on any atom is 0.331 e. The highest BCUT2D eigenvalue weighted by Gasteiger charge is 2.16. The molecule has 0 radical (unpaired) electrons. The Morgan fingerprint density at radius 1 is 1.25 bits per heavy atom. The van der Waals surface area contributed by atoms with Gasteiger partial charge in [0.2, 0.25) is 5.91 Å². The van der Waals surface area contributed by atoms with Crippen molar-refractivity contribution in [2.75, 3.05) is 14.2 Å². The molecular formula is C15H19NO4. The zero-order valence-corrected chi connectivity index (χ0v) is 12.1. The molecule has 0 aliphatic heterocycles. The Hall–Kier alpha value is -2.30. The lowest BCUT2D eigenvalue weighted by molar-refractivity contribution is -0.133. The van der Waals surface area contributed by atoms with E-state index in [9.17, 15) is 9.59 Å². The maximum absolute atomic E-state index is 12.1. The van der Waals surface area contributed by atoms with E-state index in [0.29, 0.717) is 6.54 Å². The fraction of sp³-hybridized carbons (Fsp3) is 0.333. The molecule has 1 aromatic rings. The second kappa shape index (κ2) is 6.75. The van der Waals surface area contributed by atoms with Gasteiger partial charge in [0.15, 0.2) is 0 Å². The van der Waals surface area contributed by atoms with Gasteiger partial charge in [-0.1, -0.05) is 12.1 Å². The van der Waals surface area contributed by atoms with E-state index in [1.54, 1.807) is 14.2 Å². The highest BCUT2D eigenvalue weighted by molar-refractivity contribution is 6.01. The quantitative estimate of drug-likeness (QED) is 0.837. The number of carbonyl (C=O) groups is 2. The summed E-state index contributed by atoms with van der Waals surface area (Å²) in [6.45, 7) is 3.34. The van der Waals surface area contributed by atoms with Gasteiger partial charge in [-0.15, -0.1) is 0 Å². The highest BCUT2D eigenvalue weighted by Crippen LogP contribution is 2.15. The van der Waals surface area contributed by atoms with Gasteiger partial charge in [-0.05, 0) is 31.5 Å². The van der Waals surface area contributed by atoms with Gasteiger partial charge in [-0.3, -0.25) is 4.79 Å². The number of methoxy groups -OCH3 is 1. The molecular weight excluding hydrogens is 258 g/mol. The summed E-state index contributed by atoms with van der Waals surface area (Å²) in [6.07, 6.45) is 0. The molecule has 1 aromatic carbocycles. The van der Waals surface area contributed by atoms with Crippen molar-refractivity contribution < 1.29 is 19.4 Å². The van der Waals surface area contributed by atoms with Crippen molar-refractivity contribution in [3.63, 3.8) is 0 Å². The van der Waals surface area contributed by atoms with Crippen LogP contribution in [-0.2, 0) is 16.1 Å². The van der Waals surface area contributed by atoms with Crippen LogP contribution in [0.5, 0.6) is 5.75 Å². The molecule has 0 unspecified atom stereocenters. The summed E-state index contributed by atoms with van der Waals surface area (Å²) in [7, 11) is 3.22. The van der Waals surface area contributed by atoms with Gasteiger partial charge in [-0.2, -0.15) is 0 Å². The Kier molecular flexibility index (Phi) is 5.32. The second-order valence-corrected chi connectivity index (χ2v) is 4.57. The van der Waals surface area contributed by atoms with Gasteiger partial charge in [0, 0.05) is 24.7 Å². The minimum absolute atomic E-state index is 0.0625. The van der Waals surface area contributed by atoms with Crippen molar-refractivity contribution in [3.8, 4) is 5.75 Å². The number of hydrogen-bond acceptors (Lipinski definition) is 3. The summed E-state index contributed by atoms with van der Waals surface area (Å²) in [5.41, 5.74) is 1.22. The van der Waals surface area contributed by atoms with E-state index in [1.807, 2.05) is 24.3 Å². The van der Waals surface area contributed by atoms with E-state index in [0.717, 1.165) is 11.3 Å². The molecule has 5 nitrogen and oxygen atoms in total. The van der Waals surface area contributed by atoms with Crippen LogP contribution in [0.25, 0.3) is 0 Å². The van der Waals surface area contributed by atoms with Crippen LogP contribution in [0.2, 0.25) is 0 Å². The molecule has 1 N–H and O–H groups in total. The summed E-state index contributed by atoms with van der Waals surface area (Å²) in [5.74, 6) is -0.657. The minimum atomic E-state index is -1.08. The van der Waals surface area contributed by atoms with Crippen molar-refractivity contribution in [3.05, 3.63) is 41.0 Å². The molecule has 20 heavy (non-hydrogen) atoms. The van der Waals surface area contributed by atoms with Crippen LogP contribution in [0.3, 0.4) is 0 Å². The molecule has 0 heterocycles. The largest absolute Gasteiger partial charge is 0.497 e. The van der Waals surface area contributed by atoms with Crippen LogP contribution in [0.4, 0.5) is 0 Å². The van der Waals surface area contributed by atoms with Crippen LogP contribution < -0.4 is 4.74 Å². The molecule has 5 heteroatoms. The number of benzene rings is 1. The van der Waals surface area contributed by atoms with Gasteiger partial charge in [-0.25, -0.2) is 4.79 Å². The van der Waals surface area contributed by atoms with Crippen molar-refractivity contribution >= 4 is 11.9 Å². The number of carboxylic acids is 1. The Bertz CT molecular complexity index is 549. The van der Waals surface area contributed by atoms with Crippen LogP contribution in [0.15, 0.2) is 35.4 Å². The van der Waals surface area contributed by atoms with E-state index in [-0.39, 0.29) is 17.1 Å². The van der Waals surface area contributed by atoms with Crippen molar-refractivity contribution in [1.82, 2.24) is 4.90 Å². The predicted molar refractivity (Wildman–Crippen MR) is 75.5 cm³/mol. The molecule has 0 aromatic heterocycles. The lowest BCUT2D eigenvalue weighted by atomic mass is 10.1. The zero-order valence-electron chi connectivity index (χ0n) is 12.1. The number of rotatable bonds is 5.